The minimum atomic E-state index is -4.18. The molecule has 0 fully saturated rings. The van der Waals surface area contributed by atoms with Crippen molar-refractivity contribution in [2.75, 3.05) is 4.31 Å². The van der Waals surface area contributed by atoms with Crippen LogP contribution in [0, 0.1) is 10.1 Å². The second kappa shape index (κ2) is 7.62. The van der Waals surface area contributed by atoms with Crippen molar-refractivity contribution in [2.24, 2.45) is 0 Å². The van der Waals surface area contributed by atoms with Gasteiger partial charge in [0.15, 0.2) is 6.04 Å². The van der Waals surface area contributed by atoms with Crippen LogP contribution in [0.3, 0.4) is 0 Å². The Hall–Kier alpha value is -3.97. The summed E-state index contributed by atoms with van der Waals surface area (Å²) in [5, 5.41) is 13.4. The van der Waals surface area contributed by atoms with Gasteiger partial charge in [-0.1, -0.05) is 84.9 Å². The van der Waals surface area contributed by atoms with Gasteiger partial charge in [-0.15, -0.1) is 0 Å². The topological polar surface area (TPSA) is 80.5 Å². The zero-order chi connectivity index (χ0) is 22.3. The third-order valence-electron chi connectivity index (χ3n) is 5.60. The van der Waals surface area contributed by atoms with E-state index >= 15 is 0 Å². The van der Waals surface area contributed by atoms with Crippen LogP contribution in [-0.2, 0) is 10.0 Å². The van der Waals surface area contributed by atoms with Gasteiger partial charge in [0.2, 0.25) is 0 Å². The molecule has 0 saturated carbocycles. The molecule has 32 heavy (non-hydrogen) atoms. The van der Waals surface area contributed by atoms with Gasteiger partial charge < -0.3 is 0 Å². The van der Waals surface area contributed by atoms with Crippen molar-refractivity contribution < 1.29 is 13.3 Å². The van der Waals surface area contributed by atoms with E-state index in [-0.39, 0.29) is 10.6 Å². The Balaban J connectivity index is 1.83. The summed E-state index contributed by atoms with van der Waals surface area (Å²) in [6.45, 7) is 0. The van der Waals surface area contributed by atoms with Gasteiger partial charge in [0.25, 0.3) is 15.7 Å². The predicted octanol–water partition coefficient (Wildman–Crippen LogP) is 5.41. The van der Waals surface area contributed by atoms with Crippen molar-refractivity contribution in [3.63, 3.8) is 0 Å². The lowest BCUT2D eigenvalue weighted by Gasteiger charge is -2.35. The fourth-order valence-corrected chi connectivity index (χ4v) is 6.06. The van der Waals surface area contributed by atoms with Gasteiger partial charge in [-0.2, -0.15) is 0 Å². The molecule has 0 aliphatic carbocycles. The molecule has 0 unspecified atom stereocenters. The standard InChI is InChI=1S/C25H18N2O4S/c28-27(29)23-17-20-12-5-7-15-22(20)26(25(23)19-10-2-1-3-11-19)32(30,31)24-16-8-13-18-9-4-6-14-21(18)24/h1-17,25H/t25-/m0/s1. The molecule has 0 N–H and O–H groups in total. The maximum Gasteiger partial charge on any atom is 0.274 e. The Kier molecular flexibility index (Phi) is 4.75. The lowest BCUT2D eigenvalue weighted by atomic mass is 9.97. The summed E-state index contributed by atoms with van der Waals surface area (Å²) in [7, 11) is -4.18. The van der Waals surface area contributed by atoms with Crippen LogP contribution in [-0.4, -0.2) is 13.3 Å². The van der Waals surface area contributed by atoms with Crippen LogP contribution < -0.4 is 4.31 Å². The zero-order valence-electron chi connectivity index (χ0n) is 16.8. The van der Waals surface area contributed by atoms with Crippen molar-refractivity contribution in [1.29, 1.82) is 0 Å². The monoisotopic (exact) mass is 442 g/mol. The first kappa shape index (κ1) is 20.0. The van der Waals surface area contributed by atoms with Gasteiger partial charge in [-0.25, -0.2) is 12.7 Å². The van der Waals surface area contributed by atoms with Gasteiger partial charge in [-0.3, -0.25) is 10.1 Å². The van der Waals surface area contributed by atoms with Gasteiger partial charge >= 0.3 is 0 Å². The molecule has 6 nitrogen and oxygen atoms in total. The van der Waals surface area contributed by atoms with E-state index in [0.717, 1.165) is 5.39 Å². The van der Waals surface area contributed by atoms with Gasteiger partial charge in [0.1, 0.15) is 0 Å². The highest BCUT2D eigenvalue weighted by atomic mass is 32.2. The molecule has 1 atom stereocenters. The maximum absolute atomic E-state index is 14.2. The minimum absolute atomic E-state index is 0.107. The first-order chi connectivity index (χ1) is 15.5. The first-order valence-electron chi connectivity index (χ1n) is 10.0. The van der Waals surface area contributed by atoms with Crippen LogP contribution in [0.5, 0.6) is 0 Å². The Bertz CT molecular complexity index is 1480. The van der Waals surface area contributed by atoms with Crippen LogP contribution in [0.1, 0.15) is 17.2 Å². The highest BCUT2D eigenvalue weighted by molar-refractivity contribution is 7.93. The van der Waals surface area contributed by atoms with E-state index in [1.54, 1.807) is 78.9 Å². The van der Waals surface area contributed by atoms with Crippen molar-refractivity contribution in [3.8, 4) is 0 Å². The summed E-state index contributed by atoms with van der Waals surface area (Å²) in [4.78, 5) is 11.7. The fraction of sp³-hybridized carbons (Fsp3) is 0.0400. The summed E-state index contributed by atoms with van der Waals surface area (Å²) in [5.74, 6) is 0. The minimum Gasteiger partial charge on any atom is -0.259 e. The summed E-state index contributed by atoms with van der Waals surface area (Å²) < 4.78 is 29.6. The van der Waals surface area contributed by atoms with Crippen molar-refractivity contribution in [2.45, 2.75) is 10.9 Å². The summed E-state index contributed by atoms with van der Waals surface area (Å²) >= 11 is 0. The molecule has 0 bridgehead atoms. The largest absolute Gasteiger partial charge is 0.274 e. The molecule has 0 aromatic heterocycles. The molecule has 158 valence electrons. The normalized spacial score (nSPS) is 15.8. The molecular weight excluding hydrogens is 424 g/mol. The number of rotatable bonds is 4. The summed E-state index contributed by atoms with van der Waals surface area (Å²) in [6, 6.07) is 26.7. The van der Waals surface area contributed by atoms with E-state index in [9.17, 15) is 18.5 Å². The number of fused-ring (bicyclic) bond motifs is 2. The van der Waals surface area contributed by atoms with Crippen LogP contribution in [0.25, 0.3) is 16.8 Å². The van der Waals surface area contributed by atoms with E-state index < -0.39 is 21.0 Å². The van der Waals surface area contributed by atoms with Crippen LogP contribution in [0.15, 0.2) is 108 Å². The smallest absolute Gasteiger partial charge is 0.259 e. The first-order valence-corrected chi connectivity index (χ1v) is 11.4. The molecule has 0 saturated heterocycles. The Morgan fingerprint density at radius 1 is 0.781 bits per heavy atom. The number of sulfonamides is 1. The Morgan fingerprint density at radius 3 is 2.22 bits per heavy atom. The second-order valence-electron chi connectivity index (χ2n) is 7.48. The molecule has 1 aliphatic heterocycles. The third kappa shape index (κ3) is 3.14. The number of benzene rings is 4. The van der Waals surface area contributed by atoms with Crippen molar-refractivity contribution in [1.82, 2.24) is 0 Å². The van der Waals surface area contributed by atoms with Crippen LogP contribution >= 0.6 is 0 Å². The van der Waals surface area contributed by atoms with Crippen molar-refractivity contribution in [3.05, 3.63) is 124 Å². The highest BCUT2D eigenvalue weighted by Crippen LogP contribution is 2.45. The number of anilines is 1. The molecule has 4 aromatic carbocycles. The molecule has 1 heterocycles. The van der Waals surface area contributed by atoms with Gasteiger partial charge in [0.05, 0.1) is 15.5 Å². The van der Waals surface area contributed by atoms with Gasteiger partial charge in [-0.05, 0) is 23.1 Å². The van der Waals surface area contributed by atoms with E-state index in [2.05, 4.69) is 0 Å². The van der Waals surface area contributed by atoms with Gasteiger partial charge in [0, 0.05) is 17.0 Å². The maximum atomic E-state index is 14.2. The van der Waals surface area contributed by atoms with E-state index in [0.29, 0.717) is 22.2 Å². The molecule has 5 rings (SSSR count). The van der Waals surface area contributed by atoms with E-state index in [4.69, 9.17) is 0 Å². The molecule has 1 aliphatic rings. The third-order valence-corrected chi connectivity index (χ3v) is 7.44. The summed E-state index contributed by atoms with van der Waals surface area (Å²) in [5.41, 5.74) is 1.21. The zero-order valence-corrected chi connectivity index (χ0v) is 17.6. The van der Waals surface area contributed by atoms with Crippen LogP contribution in [0.4, 0.5) is 5.69 Å². The highest BCUT2D eigenvalue weighted by Gasteiger charge is 2.44. The Labute approximate surface area is 185 Å². The average Bonchev–Trinajstić information content (AvgIpc) is 2.82. The molecule has 4 aromatic rings. The van der Waals surface area contributed by atoms with E-state index in [1.807, 2.05) is 18.2 Å². The Morgan fingerprint density at radius 2 is 1.44 bits per heavy atom. The lowest BCUT2D eigenvalue weighted by Crippen LogP contribution is -2.39. The average molecular weight is 442 g/mol. The predicted molar refractivity (Wildman–Crippen MR) is 124 cm³/mol. The number of para-hydroxylation sites is 1. The molecule has 0 spiro atoms. The molecule has 0 radical (unpaired) electrons. The lowest BCUT2D eigenvalue weighted by molar-refractivity contribution is -0.428. The number of nitro groups is 1. The fourth-order valence-electron chi connectivity index (χ4n) is 4.20. The van der Waals surface area contributed by atoms with Crippen LogP contribution in [0.2, 0.25) is 0 Å². The van der Waals surface area contributed by atoms with Crippen molar-refractivity contribution >= 4 is 32.6 Å². The number of hydrogen-bond acceptors (Lipinski definition) is 4. The van der Waals surface area contributed by atoms with E-state index in [1.165, 1.54) is 10.4 Å². The quantitative estimate of drug-likeness (QED) is 0.313. The summed E-state index contributed by atoms with van der Waals surface area (Å²) in [6.07, 6.45) is 1.46. The number of nitrogens with zero attached hydrogens (tertiary/aromatic N) is 2. The second-order valence-corrected chi connectivity index (χ2v) is 9.26. The molecule has 0 amide bonds. The SMILES string of the molecule is O=[N+]([O-])C1=Cc2ccccc2N(S(=O)(=O)c2cccc3ccccc23)[C@H]1c1ccccc1. The molecule has 7 heteroatoms. The molecular formula is C25H18N2O4S. The number of hydrogen-bond donors (Lipinski definition) is 0.